The van der Waals surface area contributed by atoms with Gasteiger partial charge in [0.15, 0.2) is 0 Å². The van der Waals surface area contributed by atoms with E-state index >= 15 is 0 Å². The van der Waals surface area contributed by atoms with Gasteiger partial charge in [0.25, 0.3) is 0 Å². The number of halogens is 1. The third-order valence-electron chi connectivity index (χ3n) is 0.894. The van der Waals surface area contributed by atoms with Crippen LogP contribution in [-0.4, -0.2) is 12.1 Å². The molecule has 4 nitrogen and oxygen atoms in total. The Labute approximate surface area is 57.1 Å². The van der Waals surface area contributed by atoms with Gasteiger partial charge in [-0.25, -0.2) is 0 Å². The number of hydrogen-bond donors (Lipinski definition) is 4. The van der Waals surface area contributed by atoms with Crippen LogP contribution in [0.25, 0.3) is 0 Å². The minimum Gasteiger partial charge on any atom is -0.147 e. The van der Waals surface area contributed by atoms with E-state index in [-0.39, 0.29) is 16.3 Å². The second-order valence-electron chi connectivity index (χ2n) is 2.24. The summed E-state index contributed by atoms with van der Waals surface area (Å²) in [5.41, 5.74) is 0. The Morgan fingerprint density at radius 2 is 1.25 bits per heavy atom. The normalized spacial score (nSPS) is 12.8. The molecule has 0 saturated carbocycles. The van der Waals surface area contributed by atoms with Crippen LogP contribution in [0.1, 0.15) is 6.92 Å². The molecule has 0 rings (SSSR count). The average Bonchev–Trinajstić information content (AvgIpc) is 1.32. The summed E-state index contributed by atoms with van der Waals surface area (Å²) >= 11 is -6.02. The van der Waals surface area contributed by atoms with Gasteiger partial charge >= 0.3 is 44.7 Å². The molecule has 0 aliphatic rings. The first-order valence-corrected chi connectivity index (χ1v) is 16.2. The molecular formula is C2H10ClHgO4. The van der Waals surface area contributed by atoms with E-state index in [1.807, 2.05) is 0 Å². The zero-order valence-corrected chi connectivity index (χ0v) is 10.9. The summed E-state index contributed by atoms with van der Waals surface area (Å²) in [4.78, 5) is 0. The second kappa shape index (κ2) is 2.77. The van der Waals surface area contributed by atoms with Crippen molar-refractivity contribution in [3.8, 4) is 0 Å². The molecule has 0 radical (unpaired) electrons. The van der Waals surface area contributed by atoms with E-state index in [0.717, 1.165) is 0 Å². The SMILES string of the molecule is C[CH2][Hg]([OH])([OH])([OH])[OH].Cl. The molecule has 4 N–H and O–H groups in total. The molecule has 0 aliphatic heterocycles. The smallest absolute Gasteiger partial charge is 0.147 e. The van der Waals surface area contributed by atoms with Gasteiger partial charge in [0.2, 0.25) is 0 Å². The molecule has 0 unspecified atom stereocenters. The number of rotatable bonds is 1. The Balaban J connectivity index is 0. The first kappa shape index (κ1) is 11.8. The van der Waals surface area contributed by atoms with Crippen LogP contribution in [0.5, 0.6) is 0 Å². The molecule has 0 aliphatic carbocycles. The Bertz CT molecular complexity index is 66.6. The fourth-order valence-electron chi connectivity index (χ4n) is 0. The van der Waals surface area contributed by atoms with Crippen LogP contribution in [0.3, 0.4) is 0 Å². The van der Waals surface area contributed by atoms with E-state index in [1.165, 1.54) is 6.92 Å². The van der Waals surface area contributed by atoms with Gasteiger partial charge in [0.05, 0.1) is 0 Å². The summed E-state index contributed by atoms with van der Waals surface area (Å²) < 4.78 is 32.4. The average molecular weight is 334 g/mol. The van der Waals surface area contributed by atoms with Gasteiger partial charge in [-0.05, 0) is 0 Å². The molecule has 0 atom stereocenters. The van der Waals surface area contributed by atoms with Crippen LogP contribution < -0.4 is 0 Å². The molecule has 51 valence electrons. The monoisotopic (exact) mass is 335 g/mol. The Hall–Kier alpha value is 1.07. The second-order valence-corrected chi connectivity index (χ2v) is 19.7. The quantitative estimate of drug-likeness (QED) is 0.472. The summed E-state index contributed by atoms with van der Waals surface area (Å²) in [5, 5.41) is 0. The van der Waals surface area contributed by atoms with Crippen molar-refractivity contribution < 1.29 is 33.8 Å². The van der Waals surface area contributed by atoms with E-state index in [9.17, 15) is 0 Å². The van der Waals surface area contributed by atoms with Crippen molar-refractivity contribution >= 4 is 12.4 Å². The van der Waals surface area contributed by atoms with Crippen molar-refractivity contribution in [1.82, 2.24) is 0 Å². The summed E-state index contributed by atoms with van der Waals surface area (Å²) in [6, 6.07) is 0. The molecular weight excluding hydrogens is 324 g/mol. The standard InChI is InChI=1S/C2H5.ClH.Hg.4H2O/c1-2;;;;;;/h1H2,2H3;1H;;4*1H2/q;;+4;;;;/p-4. The van der Waals surface area contributed by atoms with E-state index in [1.54, 1.807) is 0 Å². The third kappa shape index (κ3) is 10.1. The molecule has 6 heteroatoms. The first-order valence-electron chi connectivity index (χ1n) is 2.47. The number of hydrogen-bond acceptors (Lipinski definition) is 4. The van der Waals surface area contributed by atoms with E-state index in [0.29, 0.717) is 0 Å². The molecule has 0 bridgehead atoms. The predicted molar refractivity (Wildman–Crippen MR) is 26.6 cm³/mol. The van der Waals surface area contributed by atoms with E-state index in [2.05, 4.69) is 0 Å². The molecule has 8 heavy (non-hydrogen) atoms. The van der Waals surface area contributed by atoms with Crippen molar-refractivity contribution in [3.63, 3.8) is 0 Å². The summed E-state index contributed by atoms with van der Waals surface area (Å²) in [6.07, 6.45) is 0. The zero-order chi connectivity index (χ0) is 6.15. The fraction of sp³-hybridized carbons (Fsp3) is 1.00. The van der Waals surface area contributed by atoms with Gasteiger partial charge in [0.1, 0.15) is 0 Å². The molecule has 0 spiro atoms. The largest absolute Gasteiger partial charge is 0.147 e. The van der Waals surface area contributed by atoms with Gasteiger partial charge in [-0.1, -0.05) is 0 Å². The van der Waals surface area contributed by atoms with Crippen molar-refractivity contribution in [2.75, 3.05) is 0 Å². The zero-order valence-electron chi connectivity index (χ0n) is 4.61. The van der Waals surface area contributed by atoms with Crippen molar-refractivity contribution in [2.45, 2.75) is 10.9 Å². The summed E-state index contributed by atoms with van der Waals surface area (Å²) in [5.74, 6) is 0. The molecule has 0 amide bonds. The summed E-state index contributed by atoms with van der Waals surface area (Å²) in [6.45, 7) is 1.32. The topological polar surface area (TPSA) is 80.9 Å². The first-order chi connectivity index (χ1) is 2.81. The molecule has 0 aromatic rings. The van der Waals surface area contributed by atoms with Gasteiger partial charge in [-0.2, -0.15) is 0 Å². The van der Waals surface area contributed by atoms with Gasteiger partial charge in [-0.15, -0.1) is 12.4 Å². The minimum absolute atomic E-state index is 0. The van der Waals surface area contributed by atoms with Crippen LogP contribution in [0.2, 0.25) is 3.93 Å². The van der Waals surface area contributed by atoms with Crippen LogP contribution in [-0.2, 0) is 21.8 Å². The maximum atomic E-state index is 8.19. The Morgan fingerprint density at radius 3 is 1.25 bits per heavy atom. The van der Waals surface area contributed by atoms with Gasteiger partial charge in [-0.3, -0.25) is 0 Å². The maximum Gasteiger partial charge on any atom is -0.147 e. The molecule has 0 heterocycles. The van der Waals surface area contributed by atoms with Crippen molar-refractivity contribution in [2.24, 2.45) is 0 Å². The maximum absolute atomic E-state index is 8.19. The summed E-state index contributed by atoms with van der Waals surface area (Å²) in [7, 11) is 0. The predicted octanol–water partition coefficient (Wildman–Crippen LogP) is -0.835. The van der Waals surface area contributed by atoms with Gasteiger partial charge < -0.3 is 0 Å². The molecule has 0 aromatic carbocycles. The van der Waals surface area contributed by atoms with Crippen LogP contribution in [0.4, 0.5) is 0 Å². The molecule has 0 fully saturated rings. The van der Waals surface area contributed by atoms with Gasteiger partial charge in [0, 0.05) is 0 Å². The Kier molecular flexibility index (Phi) is 4.08. The third-order valence-corrected chi connectivity index (χ3v) is 7.85. The van der Waals surface area contributed by atoms with E-state index < -0.39 is 21.8 Å². The van der Waals surface area contributed by atoms with Crippen molar-refractivity contribution in [1.29, 1.82) is 0 Å². The Morgan fingerprint density at radius 1 is 1.12 bits per heavy atom. The molecule has 0 saturated heterocycles. The minimum atomic E-state index is -6.02. The fourth-order valence-corrected chi connectivity index (χ4v) is 0. The molecule has 0 aromatic heterocycles. The van der Waals surface area contributed by atoms with Crippen LogP contribution in [0.15, 0.2) is 0 Å². The van der Waals surface area contributed by atoms with Crippen LogP contribution >= 0.6 is 12.4 Å². The van der Waals surface area contributed by atoms with E-state index in [4.69, 9.17) is 12.1 Å². The van der Waals surface area contributed by atoms with Crippen LogP contribution in [0, 0.1) is 0 Å². The van der Waals surface area contributed by atoms with Crippen molar-refractivity contribution in [3.05, 3.63) is 0 Å².